The van der Waals surface area contributed by atoms with Crippen molar-refractivity contribution in [1.82, 2.24) is 20.2 Å². The lowest BCUT2D eigenvalue weighted by molar-refractivity contribution is -0.122. The standard InChI is InChI=1S/C13H23N5O2/c1-10-7-11(14-2)17-12(16-10)8-18(3)9-13(19)15-5-6-20-4/h7H,5-6,8-9H2,1-4H3,(H,15,19)(H,14,16,17). The molecule has 1 amide bonds. The molecule has 0 saturated heterocycles. The van der Waals surface area contributed by atoms with Gasteiger partial charge in [0.05, 0.1) is 19.7 Å². The highest BCUT2D eigenvalue weighted by Crippen LogP contribution is 2.06. The quantitative estimate of drug-likeness (QED) is 0.654. The van der Waals surface area contributed by atoms with Gasteiger partial charge in [0.2, 0.25) is 5.91 Å². The minimum atomic E-state index is -0.0361. The maximum atomic E-state index is 11.6. The third kappa shape index (κ3) is 5.94. The topological polar surface area (TPSA) is 79.4 Å². The molecule has 0 spiro atoms. The third-order valence-electron chi connectivity index (χ3n) is 2.61. The Labute approximate surface area is 119 Å². The number of hydrogen-bond donors (Lipinski definition) is 2. The van der Waals surface area contributed by atoms with Crippen molar-refractivity contribution >= 4 is 11.7 Å². The molecule has 0 aliphatic rings. The predicted molar refractivity (Wildman–Crippen MR) is 77.5 cm³/mol. The number of nitrogens with zero attached hydrogens (tertiary/aromatic N) is 3. The second kappa shape index (κ2) is 8.44. The minimum absolute atomic E-state index is 0.0361. The molecule has 7 heteroatoms. The Morgan fingerprint density at radius 1 is 1.45 bits per heavy atom. The maximum Gasteiger partial charge on any atom is 0.234 e. The summed E-state index contributed by atoms with van der Waals surface area (Å²) >= 11 is 0. The van der Waals surface area contributed by atoms with Crippen molar-refractivity contribution in [2.45, 2.75) is 13.5 Å². The van der Waals surface area contributed by atoms with E-state index in [2.05, 4.69) is 20.6 Å². The van der Waals surface area contributed by atoms with Crippen LogP contribution in [0.3, 0.4) is 0 Å². The fourth-order valence-electron chi connectivity index (χ4n) is 1.72. The van der Waals surface area contributed by atoms with Crippen molar-refractivity contribution in [2.75, 3.05) is 46.2 Å². The Kier molecular flexibility index (Phi) is 6.89. The van der Waals surface area contributed by atoms with Crippen LogP contribution in [0.5, 0.6) is 0 Å². The zero-order chi connectivity index (χ0) is 15.0. The number of likely N-dealkylation sites (N-methyl/N-ethyl adjacent to an activating group) is 1. The predicted octanol–water partition coefficient (Wildman–Crippen LogP) is 0.0211. The fraction of sp³-hybridized carbons (Fsp3) is 0.615. The lowest BCUT2D eigenvalue weighted by Crippen LogP contribution is -2.36. The monoisotopic (exact) mass is 281 g/mol. The van der Waals surface area contributed by atoms with Crippen LogP contribution in [0.25, 0.3) is 0 Å². The molecule has 0 saturated carbocycles. The highest BCUT2D eigenvalue weighted by Gasteiger charge is 2.09. The molecule has 1 aromatic rings. The summed E-state index contributed by atoms with van der Waals surface area (Å²) in [5.41, 5.74) is 0.900. The molecule has 1 heterocycles. The summed E-state index contributed by atoms with van der Waals surface area (Å²) in [6.45, 7) is 3.78. The average Bonchev–Trinajstić information content (AvgIpc) is 2.37. The van der Waals surface area contributed by atoms with Crippen molar-refractivity contribution in [3.63, 3.8) is 0 Å². The van der Waals surface area contributed by atoms with Gasteiger partial charge in [-0.1, -0.05) is 0 Å². The number of hydrogen-bond acceptors (Lipinski definition) is 6. The highest BCUT2D eigenvalue weighted by molar-refractivity contribution is 5.77. The third-order valence-corrected chi connectivity index (χ3v) is 2.61. The molecule has 1 rings (SSSR count). The molecule has 1 aromatic heterocycles. The summed E-state index contributed by atoms with van der Waals surface area (Å²) in [5.74, 6) is 1.44. The van der Waals surface area contributed by atoms with E-state index in [0.717, 1.165) is 11.5 Å². The molecule has 0 unspecified atom stereocenters. The molecule has 20 heavy (non-hydrogen) atoms. The number of carbonyl (C=O) groups is 1. The first-order valence-electron chi connectivity index (χ1n) is 6.51. The van der Waals surface area contributed by atoms with Gasteiger partial charge in [0.15, 0.2) is 0 Å². The molecule has 0 fully saturated rings. The molecule has 0 aromatic carbocycles. The van der Waals surface area contributed by atoms with E-state index >= 15 is 0 Å². The molecule has 0 atom stereocenters. The summed E-state index contributed by atoms with van der Waals surface area (Å²) in [6, 6.07) is 1.88. The molecule has 0 radical (unpaired) electrons. The molecule has 2 N–H and O–H groups in total. The smallest absolute Gasteiger partial charge is 0.234 e. The number of amides is 1. The van der Waals surface area contributed by atoms with Crippen LogP contribution in [0.4, 0.5) is 5.82 Å². The zero-order valence-electron chi connectivity index (χ0n) is 12.6. The Bertz CT molecular complexity index is 439. The Balaban J connectivity index is 2.47. The van der Waals surface area contributed by atoms with E-state index in [1.807, 2.05) is 32.0 Å². The van der Waals surface area contributed by atoms with Crippen LogP contribution in [0.1, 0.15) is 11.5 Å². The van der Waals surface area contributed by atoms with E-state index < -0.39 is 0 Å². The number of aromatic nitrogens is 2. The number of nitrogens with one attached hydrogen (secondary N) is 2. The van der Waals surface area contributed by atoms with Crippen LogP contribution in [-0.4, -0.2) is 61.7 Å². The average molecular weight is 281 g/mol. The second-order valence-corrected chi connectivity index (χ2v) is 4.58. The minimum Gasteiger partial charge on any atom is -0.383 e. The van der Waals surface area contributed by atoms with E-state index in [1.54, 1.807) is 7.11 Å². The van der Waals surface area contributed by atoms with Crippen molar-refractivity contribution in [3.05, 3.63) is 17.6 Å². The first-order chi connectivity index (χ1) is 9.55. The van der Waals surface area contributed by atoms with Gasteiger partial charge in [0.25, 0.3) is 0 Å². The fourth-order valence-corrected chi connectivity index (χ4v) is 1.72. The summed E-state index contributed by atoms with van der Waals surface area (Å²) in [7, 11) is 5.28. The molecule has 7 nitrogen and oxygen atoms in total. The van der Waals surface area contributed by atoms with Gasteiger partial charge in [0, 0.05) is 32.5 Å². The normalized spacial score (nSPS) is 10.7. The summed E-state index contributed by atoms with van der Waals surface area (Å²) in [5, 5.41) is 5.77. The number of rotatable bonds is 8. The number of aryl methyl sites for hydroxylation is 1. The van der Waals surface area contributed by atoms with Gasteiger partial charge in [-0.05, 0) is 14.0 Å². The van der Waals surface area contributed by atoms with Crippen LogP contribution in [0.15, 0.2) is 6.07 Å². The zero-order valence-corrected chi connectivity index (χ0v) is 12.6. The second-order valence-electron chi connectivity index (χ2n) is 4.58. The summed E-state index contributed by atoms with van der Waals surface area (Å²) in [6.07, 6.45) is 0. The molecule has 0 aliphatic heterocycles. The molecule has 0 aliphatic carbocycles. The van der Waals surface area contributed by atoms with Crippen LogP contribution in [0, 0.1) is 6.92 Å². The first-order valence-corrected chi connectivity index (χ1v) is 6.51. The molecular weight excluding hydrogens is 258 g/mol. The highest BCUT2D eigenvalue weighted by atomic mass is 16.5. The number of ether oxygens (including phenoxy) is 1. The summed E-state index contributed by atoms with van der Waals surface area (Å²) in [4.78, 5) is 22.2. The van der Waals surface area contributed by atoms with E-state index in [-0.39, 0.29) is 5.91 Å². The van der Waals surface area contributed by atoms with Crippen molar-refractivity contribution in [3.8, 4) is 0 Å². The maximum absolute atomic E-state index is 11.6. The number of methoxy groups -OCH3 is 1. The lowest BCUT2D eigenvalue weighted by atomic mass is 10.4. The van der Waals surface area contributed by atoms with E-state index in [9.17, 15) is 4.79 Å². The number of carbonyl (C=O) groups excluding carboxylic acids is 1. The van der Waals surface area contributed by atoms with E-state index in [4.69, 9.17) is 4.74 Å². The van der Waals surface area contributed by atoms with E-state index in [0.29, 0.717) is 32.1 Å². The van der Waals surface area contributed by atoms with Crippen molar-refractivity contribution < 1.29 is 9.53 Å². The van der Waals surface area contributed by atoms with Gasteiger partial charge in [-0.3, -0.25) is 9.69 Å². The summed E-state index contributed by atoms with van der Waals surface area (Å²) < 4.78 is 4.88. The van der Waals surface area contributed by atoms with Gasteiger partial charge in [-0.25, -0.2) is 9.97 Å². The number of anilines is 1. The van der Waals surface area contributed by atoms with Crippen LogP contribution < -0.4 is 10.6 Å². The van der Waals surface area contributed by atoms with E-state index in [1.165, 1.54) is 0 Å². The van der Waals surface area contributed by atoms with Crippen molar-refractivity contribution in [2.24, 2.45) is 0 Å². The Hall–Kier alpha value is -1.73. The first kappa shape index (κ1) is 16.3. The van der Waals surface area contributed by atoms with Gasteiger partial charge in [0.1, 0.15) is 11.6 Å². The molecule has 0 bridgehead atoms. The van der Waals surface area contributed by atoms with Crippen LogP contribution in [0.2, 0.25) is 0 Å². The molecule has 112 valence electrons. The van der Waals surface area contributed by atoms with Crippen LogP contribution >= 0.6 is 0 Å². The van der Waals surface area contributed by atoms with Gasteiger partial charge in [-0.15, -0.1) is 0 Å². The van der Waals surface area contributed by atoms with Gasteiger partial charge in [-0.2, -0.15) is 0 Å². The van der Waals surface area contributed by atoms with Crippen LogP contribution in [-0.2, 0) is 16.1 Å². The van der Waals surface area contributed by atoms with Crippen molar-refractivity contribution in [1.29, 1.82) is 0 Å². The largest absolute Gasteiger partial charge is 0.383 e. The van der Waals surface area contributed by atoms with Gasteiger partial charge < -0.3 is 15.4 Å². The Morgan fingerprint density at radius 3 is 2.85 bits per heavy atom. The molecular formula is C13H23N5O2. The SMILES string of the molecule is CNc1cc(C)nc(CN(C)CC(=O)NCCOC)n1. The Morgan fingerprint density at radius 2 is 2.20 bits per heavy atom. The van der Waals surface area contributed by atoms with Gasteiger partial charge >= 0.3 is 0 Å². The lowest BCUT2D eigenvalue weighted by Gasteiger charge is -2.16.